The number of hydrogen-bond acceptors (Lipinski definition) is 5. The van der Waals surface area contributed by atoms with Crippen molar-refractivity contribution in [3.05, 3.63) is 40.7 Å². The van der Waals surface area contributed by atoms with Crippen LogP contribution in [0.15, 0.2) is 24.3 Å². The molecule has 6 heteroatoms. The van der Waals surface area contributed by atoms with Crippen molar-refractivity contribution < 1.29 is 13.9 Å². The van der Waals surface area contributed by atoms with Crippen LogP contribution >= 0.6 is 11.3 Å². The van der Waals surface area contributed by atoms with E-state index in [1.54, 1.807) is 26.0 Å². The first kappa shape index (κ1) is 13.5. The fourth-order valence-corrected chi connectivity index (χ4v) is 2.41. The molecular weight excluding hydrogens is 267 g/mol. The standard InChI is InChI=1S/C13H13FN2O2S/c1-3-18-12(17)11-8(2)15-13(19-11)16-10-6-4-5-9(14)7-10/h4-7H,3H2,1-2H3,(H,15,16). The second kappa shape index (κ2) is 5.79. The van der Waals surface area contributed by atoms with Gasteiger partial charge in [-0.1, -0.05) is 17.4 Å². The summed E-state index contributed by atoms with van der Waals surface area (Å²) in [5.74, 6) is -0.714. The summed E-state index contributed by atoms with van der Waals surface area (Å²) in [4.78, 5) is 16.3. The summed E-state index contributed by atoms with van der Waals surface area (Å²) in [5, 5.41) is 3.50. The van der Waals surface area contributed by atoms with Crippen molar-refractivity contribution >= 4 is 28.1 Å². The van der Waals surface area contributed by atoms with Gasteiger partial charge in [0.25, 0.3) is 0 Å². The molecule has 0 saturated carbocycles. The van der Waals surface area contributed by atoms with E-state index in [-0.39, 0.29) is 11.8 Å². The molecule has 0 aliphatic heterocycles. The van der Waals surface area contributed by atoms with Crippen LogP contribution in [0.4, 0.5) is 15.2 Å². The molecule has 1 aromatic heterocycles. The summed E-state index contributed by atoms with van der Waals surface area (Å²) in [6, 6.07) is 6.05. The van der Waals surface area contributed by atoms with Crippen LogP contribution in [-0.2, 0) is 4.74 Å². The van der Waals surface area contributed by atoms with Gasteiger partial charge in [0.1, 0.15) is 10.7 Å². The highest BCUT2D eigenvalue weighted by atomic mass is 32.1. The molecule has 0 unspecified atom stereocenters. The Bertz CT molecular complexity index is 598. The number of nitrogens with zero attached hydrogens (tertiary/aromatic N) is 1. The number of esters is 1. The number of aryl methyl sites for hydroxylation is 1. The minimum absolute atomic E-state index is 0.322. The lowest BCUT2D eigenvalue weighted by atomic mass is 10.3. The van der Waals surface area contributed by atoms with Crippen molar-refractivity contribution in [3.8, 4) is 0 Å². The normalized spacial score (nSPS) is 10.3. The number of carbonyl (C=O) groups excluding carboxylic acids is 1. The van der Waals surface area contributed by atoms with E-state index >= 15 is 0 Å². The minimum Gasteiger partial charge on any atom is -0.462 e. The van der Waals surface area contributed by atoms with Crippen LogP contribution in [0, 0.1) is 12.7 Å². The van der Waals surface area contributed by atoms with Crippen LogP contribution in [0.1, 0.15) is 22.3 Å². The van der Waals surface area contributed by atoms with Crippen molar-refractivity contribution in [1.82, 2.24) is 4.98 Å². The molecule has 0 radical (unpaired) electrons. The summed E-state index contributed by atoms with van der Waals surface area (Å²) >= 11 is 1.19. The Morgan fingerprint density at radius 3 is 3.00 bits per heavy atom. The number of benzene rings is 1. The minimum atomic E-state index is -0.384. The van der Waals surface area contributed by atoms with E-state index in [0.717, 1.165) is 0 Å². The van der Waals surface area contributed by atoms with Crippen LogP contribution in [-0.4, -0.2) is 17.6 Å². The summed E-state index contributed by atoms with van der Waals surface area (Å²) in [5.41, 5.74) is 1.19. The zero-order valence-electron chi connectivity index (χ0n) is 10.6. The molecule has 2 aromatic rings. The lowest BCUT2D eigenvalue weighted by Gasteiger charge is -2.01. The summed E-state index contributed by atoms with van der Waals surface area (Å²) in [7, 11) is 0. The molecular formula is C13H13FN2O2S. The van der Waals surface area contributed by atoms with Gasteiger partial charge in [-0.25, -0.2) is 14.2 Å². The van der Waals surface area contributed by atoms with Gasteiger partial charge in [0.2, 0.25) is 0 Å². The molecule has 1 N–H and O–H groups in total. The molecule has 100 valence electrons. The van der Waals surface area contributed by atoms with Gasteiger partial charge in [-0.15, -0.1) is 0 Å². The Morgan fingerprint density at radius 1 is 1.53 bits per heavy atom. The highest BCUT2D eigenvalue weighted by Gasteiger charge is 2.16. The highest BCUT2D eigenvalue weighted by molar-refractivity contribution is 7.17. The monoisotopic (exact) mass is 280 g/mol. The molecule has 0 atom stereocenters. The van der Waals surface area contributed by atoms with Crippen molar-refractivity contribution in [1.29, 1.82) is 0 Å². The average Bonchev–Trinajstić information content (AvgIpc) is 2.70. The quantitative estimate of drug-likeness (QED) is 0.871. The Morgan fingerprint density at radius 2 is 2.32 bits per heavy atom. The Kier molecular flexibility index (Phi) is 4.11. The highest BCUT2D eigenvalue weighted by Crippen LogP contribution is 2.26. The van der Waals surface area contributed by atoms with Gasteiger partial charge in [0.05, 0.1) is 12.3 Å². The molecule has 2 rings (SSSR count). The number of carbonyl (C=O) groups is 1. The third-order valence-electron chi connectivity index (χ3n) is 2.33. The third-order valence-corrected chi connectivity index (χ3v) is 3.39. The Balaban J connectivity index is 2.18. The first-order valence-electron chi connectivity index (χ1n) is 5.77. The lowest BCUT2D eigenvalue weighted by Crippen LogP contribution is -2.03. The zero-order chi connectivity index (χ0) is 13.8. The van der Waals surface area contributed by atoms with E-state index < -0.39 is 0 Å². The van der Waals surface area contributed by atoms with Gasteiger partial charge >= 0.3 is 5.97 Å². The predicted octanol–water partition coefficient (Wildman–Crippen LogP) is 3.51. The molecule has 19 heavy (non-hydrogen) atoms. The van der Waals surface area contributed by atoms with Gasteiger partial charge in [-0.2, -0.15) is 0 Å². The van der Waals surface area contributed by atoms with E-state index in [0.29, 0.717) is 28.0 Å². The van der Waals surface area contributed by atoms with Crippen molar-refractivity contribution in [2.75, 3.05) is 11.9 Å². The first-order valence-corrected chi connectivity index (χ1v) is 6.59. The number of rotatable bonds is 4. The number of ether oxygens (including phenoxy) is 1. The predicted molar refractivity (Wildman–Crippen MR) is 72.5 cm³/mol. The summed E-state index contributed by atoms with van der Waals surface area (Å²) in [6.45, 7) is 3.81. The number of hydrogen-bond donors (Lipinski definition) is 1. The molecule has 1 heterocycles. The van der Waals surface area contributed by atoms with E-state index in [4.69, 9.17) is 4.74 Å². The second-order valence-corrected chi connectivity index (χ2v) is 4.79. The fourth-order valence-electron chi connectivity index (χ4n) is 1.53. The maximum Gasteiger partial charge on any atom is 0.350 e. The van der Waals surface area contributed by atoms with Crippen molar-refractivity contribution in [2.45, 2.75) is 13.8 Å². The van der Waals surface area contributed by atoms with Crippen LogP contribution in [0.5, 0.6) is 0 Å². The Labute approximate surface area is 114 Å². The van der Waals surface area contributed by atoms with Crippen LogP contribution in [0.25, 0.3) is 0 Å². The topological polar surface area (TPSA) is 51.2 Å². The maximum absolute atomic E-state index is 13.1. The maximum atomic E-state index is 13.1. The van der Waals surface area contributed by atoms with Crippen LogP contribution in [0.2, 0.25) is 0 Å². The molecule has 0 spiro atoms. The lowest BCUT2D eigenvalue weighted by molar-refractivity contribution is 0.0531. The summed E-state index contributed by atoms with van der Waals surface area (Å²) < 4.78 is 18.0. The van der Waals surface area contributed by atoms with Gasteiger partial charge in [-0.3, -0.25) is 0 Å². The van der Waals surface area contributed by atoms with Gasteiger partial charge in [0, 0.05) is 5.69 Å². The average molecular weight is 280 g/mol. The van der Waals surface area contributed by atoms with E-state index in [2.05, 4.69) is 10.3 Å². The van der Waals surface area contributed by atoms with Crippen molar-refractivity contribution in [2.24, 2.45) is 0 Å². The fraction of sp³-hybridized carbons (Fsp3) is 0.231. The summed E-state index contributed by atoms with van der Waals surface area (Å²) in [6.07, 6.45) is 0. The zero-order valence-corrected chi connectivity index (χ0v) is 11.4. The molecule has 0 fully saturated rings. The molecule has 0 amide bonds. The number of nitrogens with one attached hydrogen (secondary N) is 1. The van der Waals surface area contributed by atoms with E-state index in [9.17, 15) is 9.18 Å². The molecule has 0 aliphatic carbocycles. The first-order chi connectivity index (χ1) is 9.10. The number of aromatic nitrogens is 1. The van der Waals surface area contributed by atoms with Crippen LogP contribution in [0.3, 0.4) is 0 Å². The van der Waals surface area contributed by atoms with E-state index in [1.165, 1.54) is 23.5 Å². The molecule has 0 aliphatic rings. The number of anilines is 2. The van der Waals surface area contributed by atoms with Crippen molar-refractivity contribution in [3.63, 3.8) is 0 Å². The number of thiazole rings is 1. The van der Waals surface area contributed by atoms with Gasteiger partial charge in [0.15, 0.2) is 5.13 Å². The smallest absolute Gasteiger partial charge is 0.350 e. The largest absolute Gasteiger partial charge is 0.462 e. The molecule has 0 saturated heterocycles. The molecule has 4 nitrogen and oxygen atoms in total. The molecule has 1 aromatic carbocycles. The molecule has 0 bridgehead atoms. The second-order valence-electron chi connectivity index (χ2n) is 3.79. The van der Waals surface area contributed by atoms with Gasteiger partial charge < -0.3 is 10.1 Å². The number of halogens is 1. The van der Waals surface area contributed by atoms with E-state index in [1.807, 2.05) is 0 Å². The third kappa shape index (κ3) is 3.29. The SMILES string of the molecule is CCOC(=O)c1sc(Nc2cccc(F)c2)nc1C. The van der Waals surface area contributed by atoms with Gasteiger partial charge in [-0.05, 0) is 32.0 Å². The Hall–Kier alpha value is -1.95. The van der Waals surface area contributed by atoms with Crippen LogP contribution < -0.4 is 5.32 Å².